The van der Waals surface area contributed by atoms with Gasteiger partial charge in [0, 0.05) is 73.9 Å². The fourth-order valence-electron chi connectivity index (χ4n) is 10.7. The minimum absolute atomic E-state index is 0.0524. The quantitative estimate of drug-likeness (QED) is 0.0154. The first kappa shape index (κ1) is 70.1. The molecule has 19 nitrogen and oxygen atoms in total. The average molecular weight is 1210 g/mol. The van der Waals surface area contributed by atoms with E-state index in [1.165, 1.54) is 11.8 Å². The molecule has 88 heavy (non-hydrogen) atoms. The summed E-state index contributed by atoms with van der Waals surface area (Å²) in [7, 11) is 3.30. The van der Waals surface area contributed by atoms with Crippen molar-refractivity contribution in [2.75, 3.05) is 25.5 Å². The molecule has 19 heteroatoms. The standard InChI is InChI=1S/C69H90N8O11/c1-42(2)54(38-53(78)32-33-59(80)77-40-51-21-15-14-19-48(51)28-29-49-20-16-17-23-56(49)77)62(81)74-55(22-18-34-72-66(70)86)58(79)37-46-24-26-47(27-25-46)41-88-67(87)73-39-50-30-31-52(35-44(50)5)69(10,11)60(71-12)63(82)75-61(68(7,8)9)64(83)76(13)57(43(3)4)36-45(6)65(84)85/h14-17,19-21,23-27,30-31,35-36,42-43,54-55,57,60-61,71H,18,22,32-34,37-41H2,1-13H3,(H,73,87)(H,74,81)(H,75,82)(H,84,85)(H3,70,72,86)/b45-36+/t54-,55-,57+,60+,61+/m0/s1. The number of carbonyl (C=O) groups excluding carboxylic acids is 8. The predicted molar refractivity (Wildman–Crippen MR) is 339 cm³/mol. The van der Waals surface area contributed by atoms with Gasteiger partial charge in [-0.25, -0.2) is 14.4 Å². The lowest BCUT2D eigenvalue weighted by Gasteiger charge is -2.40. The molecule has 0 unspecified atom stereocenters. The molecule has 472 valence electrons. The molecule has 0 radical (unpaired) electrons. The highest BCUT2D eigenvalue weighted by atomic mass is 16.5. The summed E-state index contributed by atoms with van der Waals surface area (Å²) in [6, 6.07) is 23.8. The molecule has 1 heterocycles. The fourth-order valence-corrected chi connectivity index (χ4v) is 10.7. The van der Waals surface area contributed by atoms with Crippen LogP contribution in [0.5, 0.6) is 0 Å². The van der Waals surface area contributed by atoms with Gasteiger partial charge in [0.1, 0.15) is 18.4 Å². The van der Waals surface area contributed by atoms with Crippen molar-refractivity contribution >= 4 is 59.0 Å². The zero-order valence-electron chi connectivity index (χ0n) is 53.4. The van der Waals surface area contributed by atoms with Gasteiger partial charge in [0.15, 0.2) is 5.78 Å². The topological polar surface area (TPSA) is 276 Å². The van der Waals surface area contributed by atoms with Gasteiger partial charge in [-0.05, 0) is 103 Å². The first-order valence-electron chi connectivity index (χ1n) is 30.0. The van der Waals surface area contributed by atoms with Gasteiger partial charge in [0.2, 0.25) is 23.6 Å². The molecular formula is C69H90N8O11. The van der Waals surface area contributed by atoms with E-state index in [1.807, 2.05) is 136 Å². The third kappa shape index (κ3) is 19.7. The highest BCUT2D eigenvalue weighted by Gasteiger charge is 2.42. The molecular weight excluding hydrogens is 1120 g/mol. The Morgan fingerprint density at radius 1 is 0.784 bits per heavy atom. The minimum atomic E-state index is -1.08. The smallest absolute Gasteiger partial charge is 0.407 e. The summed E-state index contributed by atoms with van der Waals surface area (Å²) in [5, 5.41) is 24.0. The monoisotopic (exact) mass is 1210 g/mol. The van der Waals surface area contributed by atoms with Crippen LogP contribution < -0.4 is 37.2 Å². The van der Waals surface area contributed by atoms with Crippen molar-refractivity contribution < 1.29 is 53.0 Å². The Morgan fingerprint density at radius 2 is 1.42 bits per heavy atom. The molecule has 0 bridgehead atoms. The Hall–Kier alpha value is -8.63. The molecule has 4 aromatic carbocycles. The fraction of sp³-hybridized carbons (Fsp3) is 0.464. The van der Waals surface area contributed by atoms with Gasteiger partial charge in [-0.1, -0.05) is 153 Å². The van der Waals surface area contributed by atoms with Crippen LogP contribution in [0.2, 0.25) is 0 Å². The van der Waals surface area contributed by atoms with Crippen LogP contribution in [0.3, 0.4) is 0 Å². The first-order valence-corrected chi connectivity index (χ1v) is 30.0. The zero-order chi connectivity index (χ0) is 65.2. The molecule has 0 saturated heterocycles. The molecule has 0 spiro atoms. The van der Waals surface area contributed by atoms with Crippen LogP contribution in [0.15, 0.2) is 103 Å². The Balaban J connectivity index is 1.15. The molecule has 0 aromatic heterocycles. The second kappa shape index (κ2) is 31.8. The summed E-state index contributed by atoms with van der Waals surface area (Å²) in [5.41, 5.74) is 10.8. The normalized spacial score (nSPS) is 14.0. The SMILES string of the molecule is CN[C@H](C(=O)N[C@H](C(=O)N(C)[C@H](/C=C(\C)C(=O)O)C(C)C)C(C)(C)C)C(C)(C)c1ccc(CNC(=O)OCc2ccc(CC(=O)[C@H](CCCNC(N)=O)NC(=O)[C@@H](CC(=O)CCC(=O)N3Cc4ccccc4C#Cc4ccccc43)C(C)C)cc2)c(C)c1. The summed E-state index contributed by atoms with van der Waals surface area (Å²) in [4.78, 5) is 123. The maximum Gasteiger partial charge on any atom is 0.407 e. The number of aliphatic carboxylic acids is 1. The maximum absolute atomic E-state index is 14.2. The third-order valence-corrected chi connectivity index (χ3v) is 16.2. The van der Waals surface area contributed by atoms with Crippen molar-refractivity contribution in [2.24, 2.45) is 28.9 Å². The van der Waals surface area contributed by atoms with E-state index in [4.69, 9.17) is 10.5 Å². The number of carbonyl (C=O) groups is 9. The number of para-hydroxylation sites is 1. The van der Waals surface area contributed by atoms with Crippen LogP contribution in [-0.2, 0) is 69.8 Å². The number of nitrogens with one attached hydrogen (secondary N) is 5. The molecule has 0 fully saturated rings. The average Bonchev–Trinajstić information content (AvgIpc) is 0.971. The summed E-state index contributed by atoms with van der Waals surface area (Å²) in [6.45, 7) is 20.8. The van der Waals surface area contributed by atoms with Gasteiger partial charge >= 0.3 is 18.1 Å². The van der Waals surface area contributed by atoms with Crippen LogP contribution in [0.1, 0.15) is 146 Å². The molecule has 8 N–H and O–H groups in total. The van der Waals surface area contributed by atoms with Crippen LogP contribution in [0.25, 0.3) is 0 Å². The van der Waals surface area contributed by atoms with Gasteiger partial charge in [-0.2, -0.15) is 0 Å². The lowest BCUT2D eigenvalue weighted by Crippen LogP contribution is -2.61. The van der Waals surface area contributed by atoms with Gasteiger partial charge < -0.3 is 52.0 Å². The lowest BCUT2D eigenvalue weighted by atomic mass is 9.76. The van der Waals surface area contributed by atoms with Gasteiger partial charge in [-0.3, -0.25) is 28.8 Å². The number of hydrogen-bond donors (Lipinski definition) is 7. The highest BCUT2D eigenvalue weighted by Crippen LogP contribution is 2.32. The number of rotatable bonds is 29. The number of likely N-dealkylation sites (N-methyl/N-ethyl adjacent to an activating group) is 2. The molecule has 0 aliphatic carbocycles. The Morgan fingerprint density at radius 3 is 2.03 bits per heavy atom. The van der Waals surface area contributed by atoms with E-state index in [0.29, 0.717) is 28.8 Å². The predicted octanol–water partition coefficient (Wildman–Crippen LogP) is 8.33. The Kier molecular flexibility index (Phi) is 25.4. The number of carboxylic acid groups (broad SMARTS) is 1. The number of ether oxygens (including phenoxy) is 1. The van der Waals surface area contributed by atoms with Crippen molar-refractivity contribution in [2.45, 2.75) is 164 Å². The molecule has 0 saturated carbocycles. The number of benzene rings is 4. The largest absolute Gasteiger partial charge is 0.478 e. The van der Waals surface area contributed by atoms with Crippen LogP contribution in [0.4, 0.5) is 15.3 Å². The van der Waals surface area contributed by atoms with Crippen molar-refractivity contribution in [3.8, 4) is 11.8 Å². The number of amides is 7. The first-order chi connectivity index (χ1) is 41.4. The lowest BCUT2D eigenvalue weighted by molar-refractivity contribution is -0.141. The molecule has 1 aliphatic rings. The van der Waals surface area contributed by atoms with Crippen molar-refractivity contribution in [1.29, 1.82) is 0 Å². The number of hydrogen-bond acceptors (Lipinski definition) is 11. The number of anilines is 1. The van der Waals surface area contributed by atoms with Crippen molar-refractivity contribution in [3.63, 3.8) is 0 Å². The van der Waals surface area contributed by atoms with Gasteiger partial charge in [0.25, 0.3) is 0 Å². The van der Waals surface area contributed by atoms with E-state index in [2.05, 4.69) is 38.4 Å². The summed E-state index contributed by atoms with van der Waals surface area (Å²) < 4.78 is 5.55. The Bertz CT molecular complexity index is 3280. The summed E-state index contributed by atoms with van der Waals surface area (Å²) in [5.74, 6) is 2.10. The van der Waals surface area contributed by atoms with E-state index in [0.717, 1.165) is 27.8 Å². The van der Waals surface area contributed by atoms with Crippen LogP contribution in [-0.4, -0.2) is 108 Å². The Labute approximate surface area is 518 Å². The number of carboxylic acids is 1. The third-order valence-electron chi connectivity index (χ3n) is 16.2. The van der Waals surface area contributed by atoms with Gasteiger partial charge in [0.05, 0.1) is 30.4 Å². The van der Waals surface area contributed by atoms with E-state index in [9.17, 15) is 48.3 Å². The number of Topliss-reactive ketones (excluding diaryl/α,β-unsaturated/α-hetero) is 2. The maximum atomic E-state index is 14.2. The number of primary amides is 1. The highest BCUT2D eigenvalue weighted by molar-refractivity contribution is 5.98. The molecule has 7 amide bonds. The van der Waals surface area contributed by atoms with E-state index >= 15 is 0 Å². The number of fused-ring (bicyclic) bond motifs is 2. The molecule has 1 aliphatic heterocycles. The number of nitrogens with two attached hydrogens (primary N) is 1. The van der Waals surface area contributed by atoms with Crippen molar-refractivity contribution in [3.05, 3.63) is 147 Å². The number of ketones is 2. The van der Waals surface area contributed by atoms with E-state index < -0.39 is 64.9 Å². The molecule has 5 rings (SSSR count). The van der Waals surface area contributed by atoms with Gasteiger partial charge in [-0.15, -0.1) is 0 Å². The number of nitrogens with zero attached hydrogens (tertiary/aromatic N) is 2. The summed E-state index contributed by atoms with van der Waals surface area (Å²) in [6.07, 6.45) is 1.06. The zero-order valence-corrected chi connectivity index (χ0v) is 53.4. The molecule has 5 atom stereocenters. The molecule has 4 aromatic rings. The number of urea groups is 1. The van der Waals surface area contributed by atoms with Crippen LogP contribution in [0, 0.1) is 41.9 Å². The second-order valence-electron chi connectivity index (χ2n) is 25.1. The van der Waals surface area contributed by atoms with Crippen LogP contribution >= 0.6 is 0 Å². The summed E-state index contributed by atoms with van der Waals surface area (Å²) >= 11 is 0. The second-order valence-corrected chi connectivity index (χ2v) is 25.1. The minimum Gasteiger partial charge on any atom is -0.478 e. The van der Waals surface area contributed by atoms with Crippen molar-refractivity contribution in [1.82, 2.24) is 31.5 Å². The van der Waals surface area contributed by atoms with E-state index in [1.54, 1.807) is 49.3 Å². The number of aryl methyl sites for hydroxylation is 1. The van der Waals surface area contributed by atoms with E-state index in [-0.39, 0.29) is 105 Å². The number of alkyl carbamates (subject to hydrolysis) is 1.